The van der Waals surface area contributed by atoms with Gasteiger partial charge in [-0.1, -0.05) is 25.8 Å². The van der Waals surface area contributed by atoms with E-state index in [1.165, 1.54) is 6.20 Å². The number of nitrogens with one attached hydrogen (secondary N) is 1. The van der Waals surface area contributed by atoms with Crippen molar-refractivity contribution in [2.45, 2.75) is 38.8 Å². The van der Waals surface area contributed by atoms with Crippen molar-refractivity contribution in [2.75, 3.05) is 17.7 Å². The Hall–Kier alpha value is -2.06. The summed E-state index contributed by atoms with van der Waals surface area (Å²) in [5.41, 5.74) is 6.46. The number of unbranched alkanes of at least 4 members (excludes halogenated alkanes) is 1. The Balaban J connectivity index is 0.00000288. The molecule has 0 fully saturated rings. The molecule has 4 N–H and O–H groups in total. The smallest absolute Gasteiger partial charge is 0.222 e. The van der Waals surface area contributed by atoms with Crippen molar-refractivity contribution in [3.05, 3.63) is 36.3 Å². The molecular formula is C16H25N5O2S. The lowest BCUT2D eigenvalue weighted by Gasteiger charge is -2.18. The first-order chi connectivity index (χ1) is 11.2. The summed E-state index contributed by atoms with van der Waals surface area (Å²) in [5.74, 6) is 1.13. The molecule has 8 heteroatoms. The van der Waals surface area contributed by atoms with E-state index >= 15 is 0 Å². The number of aliphatic hydroxyl groups is 1. The standard InChI is InChI=1S/C16H23N5O2.H2S/c1-2-3-6-12(10-22)20-15-14(9-19-16(17)21-15)23-11-13-7-4-5-8-18-13;/h4-5,7-9,12,22H,2-3,6,10-11H2,1H3,(H3,17,19,20,21);1H2/t12-;/m0./s1. The van der Waals surface area contributed by atoms with Crippen LogP contribution in [-0.2, 0) is 6.61 Å². The molecule has 0 saturated carbocycles. The van der Waals surface area contributed by atoms with Crippen LogP contribution in [0.25, 0.3) is 0 Å². The molecule has 0 unspecified atom stereocenters. The van der Waals surface area contributed by atoms with Gasteiger partial charge in [-0.25, -0.2) is 4.98 Å². The maximum atomic E-state index is 9.49. The summed E-state index contributed by atoms with van der Waals surface area (Å²) in [5, 5.41) is 12.7. The van der Waals surface area contributed by atoms with Crippen molar-refractivity contribution in [1.29, 1.82) is 0 Å². The minimum Gasteiger partial charge on any atom is -0.482 e. The normalized spacial score (nSPS) is 11.4. The highest BCUT2D eigenvalue weighted by Gasteiger charge is 2.13. The number of hydrogen-bond donors (Lipinski definition) is 3. The Morgan fingerprint density at radius 2 is 2.17 bits per heavy atom. The van der Waals surface area contributed by atoms with Gasteiger partial charge in [0.15, 0.2) is 11.6 Å². The van der Waals surface area contributed by atoms with Crippen LogP contribution < -0.4 is 15.8 Å². The second-order valence-electron chi connectivity index (χ2n) is 5.22. The predicted molar refractivity (Wildman–Crippen MR) is 99.4 cm³/mol. The molecule has 2 aromatic rings. The molecule has 24 heavy (non-hydrogen) atoms. The topological polar surface area (TPSA) is 106 Å². The summed E-state index contributed by atoms with van der Waals surface area (Å²) in [6.45, 7) is 2.43. The number of rotatable bonds is 9. The zero-order valence-electron chi connectivity index (χ0n) is 13.8. The van der Waals surface area contributed by atoms with Gasteiger partial charge in [0.2, 0.25) is 5.95 Å². The van der Waals surface area contributed by atoms with Crippen molar-refractivity contribution in [1.82, 2.24) is 15.0 Å². The van der Waals surface area contributed by atoms with Gasteiger partial charge < -0.3 is 20.9 Å². The number of nitrogen functional groups attached to an aromatic ring is 1. The Labute approximate surface area is 149 Å². The van der Waals surface area contributed by atoms with Gasteiger partial charge in [0, 0.05) is 6.20 Å². The molecule has 1 atom stereocenters. The van der Waals surface area contributed by atoms with Crippen LogP contribution in [0, 0.1) is 0 Å². The molecular weight excluding hydrogens is 326 g/mol. The second kappa shape index (κ2) is 10.7. The van der Waals surface area contributed by atoms with Crippen LogP contribution in [0.5, 0.6) is 5.75 Å². The lowest BCUT2D eigenvalue weighted by Crippen LogP contribution is -2.25. The molecule has 0 amide bonds. The summed E-state index contributed by atoms with van der Waals surface area (Å²) in [6, 6.07) is 5.53. The Morgan fingerprint density at radius 3 is 2.83 bits per heavy atom. The molecule has 2 aromatic heterocycles. The third-order valence-corrected chi connectivity index (χ3v) is 3.34. The Morgan fingerprint density at radius 1 is 1.33 bits per heavy atom. The average molecular weight is 351 g/mol. The zero-order valence-corrected chi connectivity index (χ0v) is 14.8. The van der Waals surface area contributed by atoms with Crippen LogP contribution in [0.2, 0.25) is 0 Å². The van der Waals surface area contributed by atoms with Crippen molar-refractivity contribution < 1.29 is 9.84 Å². The van der Waals surface area contributed by atoms with E-state index in [1.807, 2.05) is 18.2 Å². The van der Waals surface area contributed by atoms with Gasteiger partial charge in [-0.3, -0.25) is 4.98 Å². The first-order valence-corrected chi connectivity index (χ1v) is 7.75. The van der Waals surface area contributed by atoms with Gasteiger partial charge in [0.25, 0.3) is 0 Å². The quantitative estimate of drug-likeness (QED) is 0.635. The van der Waals surface area contributed by atoms with E-state index in [9.17, 15) is 5.11 Å². The molecule has 0 spiro atoms. The summed E-state index contributed by atoms with van der Waals surface area (Å²) < 4.78 is 5.74. The third kappa shape index (κ3) is 6.21. The minimum absolute atomic E-state index is 0. The molecule has 0 aliphatic heterocycles. The van der Waals surface area contributed by atoms with Crippen LogP contribution in [0.1, 0.15) is 31.9 Å². The predicted octanol–water partition coefficient (Wildman–Crippen LogP) is 2.11. The van der Waals surface area contributed by atoms with Gasteiger partial charge in [-0.15, -0.1) is 0 Å². The monoisotopic (exact) mass is 351 g/mol. The largest absolute Gasteiger partial charge is 0.482 e. The number of nitrogens with zero attached hydrogens (tertiary/aromatic N) is 3. The molecule has 7 nitrogen and oxygen atoms in total. The van der Waals surface area contributed by atoms with Crippen molar-refractivity contribution in [3.8, 4) is 5.75 Å². The van der Waals surface area contributed by atoms with Gasteiger partial charge in [0.05, 0.1) is 24.5 Å². The fourth-order valence-corrected chi connectivity index (χ4v) is 2.08. The average Bonchev–Trinajstić information content (AvgIpc) is 2.58. The van der Waals surface area contributed by atoms with Crippen molar-refractivity contribution >= 4 is 25.3 Å². The summed E-state index contributed by atoms with van der Waals surface area (Å²) in [6.07, 6.45) is 6.17. The van der Waals surface area contributed by atoms with E-state index < -0.39 is 0 Å². The maximum Gasteiger partial charge on any atom is 0.222 e. The summed E-state index contributed by atoms with van der Waals surface area (Å²) >= 11 is 0. The molecule has 0 radical (unpaired) electrons. The summed E-state index contributed by atoms with van der Waals surface area (Å²) in [4.78, 5) is 12.4. The molecule has 0 aliphatic rings. The van der Waals surface area contributed by atoms with Crippen LogP contribution in [0.15, 0.2) is 30.6 Å². The van der Waals surface area contributed by atoms with Crippen molar-refractivity contribution in [3.63, 3.8) is 0 Å². The highest BCUT2D eigenvalue weighted by Crippen LogP contribution is 2.24. The lowest BCUT2D eigenvalue weighted by molar-refractivity contribution is 0.265. The van der Waals surface area contributed by atoms with Crippen LogP contribution in [0.3, 0.4) is 0 Å². The number of ether oxygens (including phenoxy) is 1. The first kappa shape index (κ1) is 20.0. The zero-order chi connectivity index (χ0) is 16.5. The van der Waals surface area contributed by atoms with Gasteiger partial charge >= 0.3 is 0 Å². The van der Waals surface area contributed by atoms with Gasteiger partial charge in [-0.05, 0) is 18.6 Å². The van der Waals surface area contributed by atoms with E-state index in [4.69, 9.17) is 10.5 Å². The van der Waals surface area contributed by atoms with E-state index in [1.54, 1.807) is 6.20 Å². The molecule has 2 rings (SSSR count). The first-order valence-electron chi connectivity index (χ1n) is 7.75. The molecule has 132 valence electrons. The van der Waals surface area contributed by atoms with E-state index in [-0.39, 0.29) is 32.1 Å². The van der Waals surface area contributed by atoms with Gasteiger partial charge in [-0.2, -0.15) is 18.5 Å². The Bertz CT molecular complexity index is 600. The highest BCUT2D eigenvalue weighted by atomic mass is 32.1. The van der Waals surface area contributed by atoms with Crippen molar-refractivity contribution in [2.24, 2.45) is 0 Å². The highest BCUT2D eigenvalue weighted by molar-refractivity contribution is 7.59. The molecule has 0 aliphatic carbocycles. The Kier molecular flexibility index (Phi) is 8.88. The maximum absolute atomic E-state index is 9.49. The molecule has 0 saturated heterocycles. The lowest BCUT2D eigenvalue weighted by atomic mass is 10.1. The van der Waals surface area contributed by atoms with Crippen LogP contribution >= 0.6 is 13.5 Å². The molecule has 0 aromatic carbocycles. The van der Waals surface area contributed by atoms with E-state index in [0.29, 0.717) is 18.2 Å². The number of pyridine rings is 1. The minimum atomic E-state index is -0.0959. The number of nitrogens with two attached hydrogens (primary N) is 1. The van der Waals surface area contributed by atoms with Gasteiger partial charge in [0.1, 0.15) is 6.61 Å². The molecule has 2 heterocycles. The second-order valence-corrected chi connectivity index (χ2v) is 5.22. The number of aliphatic hydroxyl groups excluding tert-OH is 1. The van der Waals surface area contributed by atoms with E-state index in [0.717, 1.165) is 25.0 Å². The number of anilines is 2. The summed E-state index contributed by atoms with van der Waals surface area (Å²) in [7, 11) is 0. The van der Waals surface area contributed by atoms with E-state index in [2.05, 4.69) is 27.2 Å². The third-order valence-electron chi connectivity index (χ3n) is 3.34. The fourth-order valence-electron chi connectivity index (χ4n) is 2.08. The van der Waals surface area contributed by atoms with Crippen LogP contribution in [0.4, 0.5) is 11.8 Å². The molecule has 0 bridgehead atoms. The number of hydrogen-bond acceptors (Lipinski definition) is 7. The number of aromatic nitrogens is 3. The van der Waals surface area contributed by atoms with Crippen LogP contribution in [-0.4, -0.2) is 32.7 Å². The SMILES string of the molecule is CCCC[C@@H](CO)Nc1nc(N)ncc1OCc1ccccn1.S. The fraction of sp³-hybridized carbons (Fsp3) is 0.438.